The summed E-state index contributed by atoms with van der Waals surface area (Å²) in [6.45, 7) is 0. The molecule has 1 N–H and O–H groups in total. The summed E-state index contributed by atoms with van der Waals surface area (Å²) < 4.78 is 107. The van der Waals surface area contributed by atoms with Gasteiger partial charge in [-0.15, -0.1) is 13.2 Å². The van der Waals surface area contributed by atoms with Crippen molar-refractivity contribution < 1.29 is 39.1 Å². The number of anilines is 1. The average Bonchev–Trinajstić information content (AvgIpc) is 3.10. The Kier molecular flexibility index (Phi) is 7.21. The quantitative estimate of drug-likeness (QED) is 0.414. The molecule has 0 atom stereocenters. The first-order valence-corrected chi connectivity index (χ1v) is 13.1. The number of nitrogens with one attached hydrogen (secondary N) is 1. The lowest BCUT2D eigenvalue weighted by Gasteiger charge is -2.10. The Labute approximate surface area is 195 Å². The molecule has 0 saturated carbocycles. The first kappa shape index (κ1) is 25.2. The first-order chi connectivity index (χ1) is 15.2. The third-order valence-corrected chi connectivity index (χ3v) is 8.30. The molecule has 0 aliphatic rings. The van der Waals surface area contributed by atoms with Gasteiger partial charge in [-0.3, -0.25) is 4.72 Å². The van der Waals surface area contributed by atoms with E-state index in [9.17, 15) is 34.4 Å². The first-order valence-electron chi connectivity index (χ1n) is 8.76. The van der Waals surface area contributed by atoms with Gasteiger partial charge >= 0.3 is 6.36 Å². The molecule has 0 unspecified atom stereocenters. The van der Waals surface area contributed by atoms with E-state index < -0.39 is 53.3 Å². The Bertz CT molecular complexity index is 1360. The van der Waals surface area contributed by atoms with Gasteiger partial charge in [0.25, 0.3) is 10.0 Å². The zero-order valence-corrected chi connectivity index (χ0v) is 19.3. The molecule has 3 aromatic rings. The lowest BCUT2D eigenvalue weighted by molar-refractivity contribution is -0.274. The molecular formula is C18H13ClF4N2O5S3. The largest absolute Gasteiger partial charge is 0.573 e. The van der Waals surface area contributed by atoms with Crippen molar-refractivity contribution in [3.63, 3.8) is 0 Å². The van der Waals surface area contributed by atoms with E-state index in [2.05, 4.69) is 14.4 Å². The van der Waals surface area contributed by atoms with Gasteiger partial charge in [-0.05, 0) is 42.3 Å². The molecule has 0 saturated heterocycles. The van der Waals surface area contributed by atoms with Crippen molar-refractivity contribution in [3.8, 4) is 5.75 Å². The zero-order chi connectivity index (χ0) is 24.4. The van der Waals surface area contributed by atoms with Gasteiger partial charge in [0.15, 0.2) is 15.0 Å². The molecule has 33 heavy (non-hydrogen) atoms. The van der Waals surface area contributed by atoms with Crippen LogP contribution >= 0.6 is 22.9 Å². The van der Waals surface area contributed by atoms with Gasteiger partial charge in [-0.1, -0.05) is 35.1 Å². The number of ether oxygens (including phenoxy) is 1. The van der Waals surface area contributed by atoms with Crippen molar-refractivity contribution in [1.29, 1.82) is 0 Å². The average molecular weight is 545 g/mol. The maximum Gasteiger partial charge on any atom is 0.573 e. The van der Waals surface area contributed by atoms with Gasteiger partial charge in [0, 0.05) is 0 Å². The predicted octanol–water partition coefficient (Wildman–Crippen LogP) is 4.65. The van der Waals surface area contributed by atoms with Crippen LogP contribution in [0.1, 0.15) is 5.56 Å². The lowest BCUT2D eigenvalue weighted by Crippen LogP contribution is -2.17. The summed E-state index contributed by atoms with van der Waals surface area (Å²) in [6, 6.07) is 6.87. The van der Waals surface area contributed by atoms with E-state index in [1.165, 1.54) is 18.3 Å². The second kappa shape index (κ2) is 9.44. The summed E-state index contributed by atoms with van der Waals surface area (Å²) in [5.41, 5.74) is 0.374. The van der Waals surface area contributed by atoms with Crippen LogP contribution < -0.4 is 9.46 Å². The van der Waals surface area contributed by atoms with Crippen molar-refractivity contribution in [2.45, 2.75) is 22.6 Å². The van der Waals surface area contributed by atoms with Crippen molar-refractivity contribution in [2.24, 2.45) is 0 Å². The lowest BCUT2D eigenvalue weighted by atomic mass is 10.2. The fourth-order valence-electron chi connectivity index (χ4n) is 2.60. The van der Waals surface area contributed by atoms with E-state index in [0.29, 0.717) is 11.6 Å². The number of thiazole rings is 1. The molecule has 1 aromatic heterocycles. The number of sulfone groups is 1. The second-order valence-corrected chi connectivity index (χ2v) is 11.8. The molecule has 0 amide bonds. The topological polar surface area (TPSA) is 102 Å². The minimum Gasteiger partial charge on any atom is -0.406 e. The zero-order valence-electron chi connectivity index (χ0n) is 16.1. The molecule has 0 fully saturated rings. The van der Waals surface area contributed by atoms with Crippen LogP contribution in [0, 0.1) is 5.82 Å². The maximum atomic E-state index is 14.5. The number of halogens is 5. The number of rotatable bonds is 8. The van der Waals surface area contributed by atoms with Gasteiger partial charge < -0.3 is 4.74 Å². The molecule has 7 nitrogen and oxygen atoms in total. The van der Waals surface area contributed by atoms with Crippen LogP contribution in [-0.2, 0) is 26.3 Å². The van der Waals surface area contributed by atoms with Crippen LogP contribution in [0.25, 0.3) is 0 Å². The van der Waals surface area contributed by atoms with Crippen LogP contribution in [0.2, 0.25) is 4.34 Å². The smallest absolute Gasteiger partial charge is 0.406 e. The van der Waals surface area contributed by atoms with Crippen molar-refractivity contribution >= 4 is 47.9 Å². The number of aryl methyl sites for hydroxylation is 1. The van der Waals surface area contributed by atoms with Crippen molar-refractivity contribution in [2.75, 3.05) is 10.5 Å². The number of hydrogen-bond donors (Lipinski definition) is 1. The Morgan fingerprint density at radius 1 is 1.06 bits per heavy atom. The Morgan fingerprint density at radius 2 is 1.73 bits per heavy atom. The summed E-state index contributed by atoms with van der Waals surface area (Å²) in [7, 11) is -8.42. The number of benzene rings is 2. The Hall–Kier alpha value is -2.42. The number of alkyl halides is 3. The standard InChI is InChI=1S/C18H13ClF4N2O5S3/c19-16-10-24-17(31-16)25-33(28,29)13-5-6-15(14(20)9-13)32(26,27)8-7-11-1-3-12(4-2-11)30-18(21,22)23/h1-6,9-10H,7-8H2,(H,24,25). The molecule has 1 heterocycles. The highest BCUT2D eigenvalue weighted by Crippen LogP contribution is 2.27. The monoisotopic (exact) mass is 544 g/mol. The van der Waals surface area contributed by atoms with Gasteiger partial charge in [0.2, 0.25) is 0 Å². The van der Waals surface area contributed by atoms with E-state index in [0.717, 1.165) is 35.6 Å². The van der Waals surface area contributed by atoms with Crippen molar-refractivity contribution in [1.82, 2.24) is 4.98 Å². The third kappa shape index (κ3) is 6.79. The van der Waals surface area contributed by atoms with Crippen LogP contribution in [0.15, 0.2) is 58.5 Å². The minimum atomic E-state index is -4.86. The highest BCUT2D eigenvalue weighted by Gasteiger charge is 2.31. The number of hydrogen-bond acceptors (Lipinski definition) is 7. The van der Waals surface area contributed by atoms with E-state index in [1.54, 1.807) is 0 Å². The van der Waals surface area contributed by atoms with Gasteiger partial charge in [0.05, 0.1) is 16.8 Å². The summed E-state index contributed by atoms with van der Waals surface area (Å²) >= 11 is 6.52. The summed E-state index contributed by atoms with van der Waals surface area (Å²) in [5, 5.41) is -0.0521. The molecule has 0 aliphatic heterocycles. The van der Waals surface area contributed by atoms with Crippen LogP contribution in [0.5, 0.6) is 5.75 Å². The van der Waals surface area contributed by atoms with Gasteiger partial charge in [0.1, 0.15) is 20.8 Å². The molecule has 0 bridgehead atoms. The summed E-state index contributed by atoms with van der Waals surface area (Å²) in [6.07, 6.45) is -3.76. The molecular weight excluding hydrogens is 532 g/mol. The van der Waals surface area contributed by atoms with Crippen molar-refractivity contribution in [3.05, 3.63) is 64.4 Å². The molecule has 15 heteroatoms. The van der Waals surface area contributed by atoms with Crippen LogP contribution in [0.4, 0.5) is 22.7 Å². The van der Waals surface area contributed by atoms with E-state index in [1.807, 2.05) is 0 Å². The molecule has 0 spiro atoms. The van der Waals surface area contributed by atoms with Crippen LogP contribution in [-0.4, -0.2) is 33.9 Å². The van der Waals surface area contributed by atoms with E-state index in [-0.39, 0.29) is 15.9 Å². The Morgan fingerprint density at radius 3 is 2.27 bits per heavy atom. The molecule has 178 valence electrons. The highest BCUT2D eigenvalue weighted by molar-refractivity contribution is 7.93. The minimum absolute atomic E-state index is 0.0521. The summed E-state index contributed by atoms with van der Waals surface area (Å²) in [4.78, 5) is 2.49. The number of aromatic nitrogens is 1. The van der Waals surface area contributed by atoms with E-state index >= 15 is 0 Å². The number of sulfonamides is 1. The maximum absolute atomic E-state index is 14.5. The molecule has 0 aliphatic carbocycles. The Balaban J connectivity index is 1.72. The second-order valence-electron chi connectivity index (χ2n) is 6.43. The van der Waals surface area contributed by atoms with Crippen LogP contribution in [0.3, 0.4) is 0 Å². The number of nitrogens with zero attached hydrogens (tertiary/aromatic N) is 1. The molecule has 2 aromatic carbocycles. The van der Waals surface area contributed by atoms with Gasteiger partial charge in [-0.2, -0.15) is 0 Å². The predicted molar refractivity (Wildman–Crippen MR) is 113 cm³/mol. The summed E-state index contributed by atoms with van der Waals surface area (Å²) in [5.74, 6) is -2.31. The molecule has 3 rings (SSSR count). The fourth-order valence-corrected chi connectivity index (χ4v) is 6.02. The SMILES string of the molecule is O=S(=O)(CCc1ccc(OC(F)(F)F)cc1)c1ccc(S(=O)(=O)Nc2ncc(Cl)s2)cc1F. The van der Waals surface area contributed by atoms with E-state index in [4.69, 9.17) is 11.6 Å². The van der Waals surface area contributed by atoms with Gasteiger partial charge in [-0.25, -0.2) is 26.2 Å². The molecule has 0 radical (unpaired) electrons. The fraction of sp³-hybridized carbons (Fsp3) is 0.167. The third-order valence-electron chi connectivity index (χ3n) is 4.06. The normalized spacial score (nSPS) is 12.5. The highest BCUT2D eigenvalue weighted by atomic mass is 35.5.